The van der Waals surface area contributed by atoms with E-state index in [1.54, 1.807) is 12.4 Å². The van der Waals surface area contributed by atoms with Gasteiger partial charge in [0.25, 0.3) is 0 Å². The summed E-state index contributed by atoms with van der Waals surface area (Å²) in [6, 6.07) is 10.1. The lowest BCUT2D eigenvalue weighted by Gasteiger charge is -2.05. The Morgan fingerprint density at radius 2 is 1.60 bits per heavy atom. The first kappa shape index (κ1) is 12.4. The molecule has 0 saturated carbocycles. The van der Waals surface area contributed by atoms with Gasteiger partial charge < -0.3 is 10.3 Å². The molecule has 2 aromatic heterocycles. The molecule has 100 valence electrons. The second kappa shape index (κ2) is 4.81. The van der Waals surface area contributed by atoms with Gasteiger partial charge in [0.05, 0.1) is 5.56 Å². The highest BCUT2D eigenvalue weighted by Gasteiger charge is 2.17. The van der Waals surface area contributed by atoms with Crippen LogP contribution in [0, 0.1) is 13.8 Å². The third-order valence-electron chi connectivity index (χ3n) is 3.18. The quantitative estimate of drug-likeness (QED) is 0.768. The van der Waals surface area contributed by atoms with Crippen LogP contribution in [0.1, 0.15) is 11.1 Å². The van der Waals surface area contributed by atoms with Gasteiger partial charge in [-0.15, -0.1) is 0 Å². The van der Waals surface area contributed by atoms with E-state index >= 15 is 0 Å². The topological polar surface area (TPSA) is 64.9 Å². The Balaban J connectivity index is 2.21. The van der Waals surface area contributed by atoms with Crippen LogP contribution in [0.5, 0.6) is 0 Å². The summed E-state index contributed by atoms with van der Waals surface area (Å²) in [7, 11) is 0. The molecule has 20 heavy (non-hydrogen) atoms. The molecule has 2 heterocycles. The van der Waals surface area contributed by atoms with E-state index in [1.807, 2.05) is 12.1 Å². The first-order valence-electron chi connectivity index (χ1n) is 6.39. The molecule has 0 atom stereocenters. The number of nitrogen functional groups attached to an aromatic ring is 1. The van der Waals surface area contributed by atoms with Crippen molar-refractivity contribution in [3.63, 3.8) is 0 Å². The normalized spacial score (nSPS) is 10.7. The fourth-order valence-electron chi connectivity index (χ4n) is 2.41. The molecule has 0 bridgehead atoms. The standard InChI is InChI=1S/C16H15N3O/c1-10-7-11(2)9-13(8-10)15-14(16(17)20-19-15)12-3-5-18-6-4-12/h3-9H,17H2,1-2H3. The summed E-state index contributed by atoms with van der Waals surface area (Å²) in [6.45, 7) is 4.12. The second-order valence-corrected chi connectivity index (χ2v) is 4.88. The van der Waals surface area contributed by atoms with E-state index in [0.29, 0.717) is 5.88 Å². The van der Waals surface area contributed by atoms with Crippen LogP contribution in [0.15, 0.2) is 47.2 Å². The molecule has 3 rings (SSSR count). The highest BCUT2D eigenvalue weighted by atomic mass is 16.5. The molecule has 0 aliphatic carbocycles. The van der Waals surface area contributed by atoms with Crippen LogP contribution >= 0.6 is 0 Å². The molecule has 0 aliphatic rings. The summed E-state index contributed by atoms with van der Waals surface area (Å²) in [5, 5.41) is 4.12. The van der Waals surface area contributed by atoms with E-state index in [-0.39, 0.29) is 0 Å². The van der Waals surface area contributed by atoms with Gasteiger partial charge in [-0.2, -0.15) is 0 Å². The first-order valence-corrected chi connectivity index (χ1v) is 6.39. The number of hydrogen-bond acceptors (Lipinski definition) is 4. The Labute approximate surface area is 117 Å². The SMILES string of the molecule is Cc1cc(C)cc(-c2noc(N)c2-c2ccncc2)c1. The molecule has 1 aromatic carbocycles. The minimum absolute atomic E-state index is 0.324. The Bertz CT molecular complexity index is 727. The van der Waals surface area contributed by atoms with E-state index < -0.39 is 0 Å². The van der Waals surface area contributed by atoms with Gasteiger partial charge in [-0.25, -0.2) is 0 Å². The van der Waals surface area contributed by atoms with Crippen LogP contribution < -0.4 is 5.73 Å². The summed E-state index contributed by atoms with van der Waals surface area (Å²) in [6.07, 6.45) is 3.46. The first-order chi connectivity index (χ1) is 9.65. The maximum absolute atomic E-state index is 5.94. The van der Waals surface area contributed by atoms with Crippen LogP contribution in [0.25, 0.3) is 22.4 Å². The molecular formula is C16H15N3O. The van der Waals surface area contributed by atoms with E-state index in [0.717, 1.165) is 22.4 Å². The third kappa shape index (κ3) is 2.16. The summed E-state index contributed by atoms with van der Waals surface area (Å²) >= 11 is 0. The Morgan fingerprint density at radius 3 is 2.25 bits per heavy atom. The van der Waals surface area contributed by atoms with E-state index in [1.165, 1.54) is 11.1 Å². The summed E-state index contributed by atoms with van der Waals surface area (Å²) in [4.78, 5) is 4.02. The molecule has 0 radical (unpaired) electrons. The maximum Gasteiger partial charge on any atom is 0.230 e. The van der Waals surface area contributed by atoms with Gasteiger partial charge in [-0.1, -0.05) is 22.3 Å². The lowest BCUT2D eigenvalue weighted by Crippen LogP contribution is -1.89. The average molecular weight is 265 g/mol. The third-order valence-corrected chi connectivity index (χ3v) is 3.18. The Kier molecular flexibility index (Phi) is 2.99. The van der Waals surface area contributed by atoms with Crippen LogP contribution in [-0.4, -0.2) is 10.1 Å². The second-order valence-electron chi connectivity index (χ2n) is 4.88. The Morgan fingerprint density at radius 1 is 0.950 bits per heavy atom. The molecule has 2 N–H and O–H groups in total. The zero-order valence-corrected chi connectivity index (χ0v) is 11.4. The smallest absolute Gasteiger partial charge is 0.230 e. The van der Waals surface area contributed by atoms with Crippen LogP contribution in [0.3, 0.4) is 0 Å². The fraction of sp³-hybridized carbons (Fsp3) is 0.125. The van der Waals surface area contributed by atoms with Crippen molar-refractivity contribution in [2.24, 2.45) is 0 Å². The molecule has 0 aliphatic heterocycles. The number of aromatic nitrogens is 2. The zero-order chi connectivity index (χ0) is 14.1. The highest BCUT2D eigenvalue weighted by molar-refractivity contribution is 5.86. The fourth-order valence-corrected chi connectivity index (χ4v) is 2.41. The Hall–Kier alpha value is -2.62. The molecule has 4 nitrogen and oxygen atoms in total. The zero-order valence-electron chi connectivity index (χ0n) is 11.4. The molecule has 0 spiro atoms. The molecular weight excluding hydrogens is 250 g/mol. The van der Waals surface area contributed by atoms with Crippen LogP contribution in [0.4, 0.5) is 5.88 Å². The maximum atomic E-state index is 5.94. The van der Waals surface area contributed by atoms with E-state index in [9.17, 15) is 0 Å². The number of anilines is 1. The minimum Gasteiger partial charge on any atom is -0.367 e. The summed E-state index contributed by atoms with van der Waals surface area (Å²) in [5.74, 6) is 0.324. The molecule has 0 unspecified atom stereocenters. The van der Waals surface area contributed by atoms with Crippen molar-refractivity contribution in [1.29, 1.82) is 0 Å². The van der Waals surface area contributed by atoms with Gasteiger partial charge in [0, 0.05) is 18.0 Å². The van der Waals surface area contributed by atoms with Crippen molar-refractivity contribution in [2.45, 2.75) is 13.8 Å². The van der Waals surface area contributed by atoms with Crippen molar-refractivity contribution in [2.75, 3.05) is 5.73 Å². The van der Waals surface area contributed by atoms with Crippen molar-refractivity contribution in [3.8, 4) is 22.4 Å². The number of benzene rings is 1. The van der Waals surface area contributed by atoms with Gasteiger partial charge >= 0.3 is 0 Å². The molecule has 0 saturated heterocycles. The van der Waals surface area contributed by atoms with Gasteiger partial charge in [0.1, 0.15) is 5.69 Å². The van der Waals surface area contributed by atoms with Crippen LogP contribution in [0.2, 0.25) is 0 Å². The predicted molar refractivity (Wildman–Crippen MR) is 79.1 cm³/mol. The van der Waals surface area contributed by atoms with E-state index in [4.69, 9.17) is 10.3 Å². The van der Waals surface area contributed by atoms with Crippen molar-refractivity contribution < 1.29 is 4.52 Å². The molecule has 0 fully saturated rings. The van der Waals surface area contributed by atoms with Gasteiger partial charge in [-0.05, 0) is 43.7 Å². The molecule has 3 aromatic rings. The number of hydrogen-bond donors (Lipinski definition) is 1. The average Bonchev–Trinajstić information content (AvgIpc) is 2.80. The minimum atomic E-state index is 0.324. The van der Waals surface area contributed by atoms with Crippen LogP contribution in [-0.2, 0) is 0 Å². The number of nitrogens with two attached hydrogens (primary N) is 1. The largest absolute Gasteiger partial charge is 0.367 e. The summed E-state index contributed by atoms with van der Waals surface area (Å²) in [5.41, 5.74) is 11.8. The lowest BCUT2D eigenvalue weighted by molar-refractivity contribution is 0.439. The lowest BCUT2D eigenvalue weighted by atomic mass is 9.99. The van der Waals surface area contributed by atoms with Gasteiger partial charge in [0.15, 0.2) is 0 Å². The van der Waals surface area contributed by atoms with Gasteiger partial charge in [0.2, 0.25) is 5.88 Å². The number of pyridine rings is 1. The molecule has 4 heteroatoms. The molecule has 0 amide bonds. The van der Waals surface area contributed by atoms with Gasteiger partial charge in [-0.3, -0.25) is 4.98 Å². The number of aryl methyl sites for hydroxylation is 2. The monoisotopic (exact) mass is 265 g/mol. The van der Waals surface area contributed by atoms with Crippen molar-refractivity contribution >= 4 is 5.88 Å². The van der Waals surface area contributed by atoms with Crippen molar-refractivity contribution in [3.05, 3.63) is 53.9 Å². The number of nitrogens with zero attached hydrogens (tertiary/aromatic N) is 2. The summed E-state index contributed by atoms with van der Waals surface area (Å²) < 4.78 is 5.19. The number of rotatable bonds is 2. The highest BCUT2D eigenvalue weighted by Crippen LogP contribution is 2.36. The predicted octanol–water partition coefficient (Wildman–Crippen LogP) is 3.60. The van der Waals surface area contributed by atoms with E-state index in [2.05, 4.69) is 42.2 Å². The van der Waals surface area contributed by atoms with Crippen molar-refractivity contribution in [1.82, 2.24) is 10.1 Å².